The zero-order valence-corrected chi connectivity index (χ0v) is 17.3. The number of carbonyl (C=O) groups excluding carboxylic acids is 1. The highest BCUT2D eigenvalue weighted by molar-refractivity contribution is 9.10. The van der Waals surface area contributed by atoms with Gasteiger partial charge >= 0.3 is 5.97 Å². The predicted molar refractivity (Wildman–Crippen MR) is 104 cm³/mol. The van der Waals surface area contributed by atoms with Gasteiger partial charge in [0.25, 0.3) is 5.89 Å². The lowest BCUT2D eigenvalue weighted by Crippen LogP contribution is -2.15. The molecule has 146 valence electrons. The van der Waals surface area contributed by atoms with Crippen LogP contribution in [0.5, 0.6) is 0 Å². The van der Waals surface area contributed by atoms with E-state index in [1.165, 1.54) is 12.1 Å². The zero-order valence-electron chi connectivity index (χ0n) is 14.9. The van der Waals surface area contributed by atoms with E-state index < -0.39 is 22.1 Å². The van der Waals surface area contributed by atoms with Gasteiger partial charge in [0.15, 0.2) is 6.10 Å². The van der Waals surface area contributed by atoms with Crippen LogP contribution in [-0.4, -0.2) is 24.6 Å². The van der Waals surface area contributed by atoms with Crippen LogP contribution in [0.2, 0.25) is 0 Å². The number of aryl methyl sites for hydroxylation is 1. The number of carbonyl (C=O) groups is 1. The summed E-state index contributed by atoms with van der Waals surface area (Å²) in [4.78, 5) is 12.3. The fraction of sp³-hybridized carbons (Fsp3) is 0.167. The molecule has 10 heteroatoms. The molecule has 0 aliphatic rings. The first-order valence-corrected chi connectivity index (χ1v) is 10.4. The first kappa shape index (κ1) is 20.2. The van der Waals surface area contributed by atoms with Crippen LogP contribution in [0.15, 0.2) is 56.2 Å². The van der Waals surface area contributed by atoms with Crippen LogP contribution in [0.4, 0.5) is 0 Å². The third-order valence-electron chi connectivity index (χ3n) is 3.86. The molecule has 2 N–H and O–H groups in total. The molecule has 3 aromatic rings. The van der Waals surface area contributed by atoms with E-state index in [0.717, 1.165) is 17.2 Å². The van der Waals surface area contributed by atoms with Gasteiger partial charge in [0.1, 0.15) is 0 Å². The van der Waals surface area contributed by atoms with E-state index in [4.69, 9.17) is 14.3 Å². The summed E-state index contributed by atoms with van der Waals surface area (Å²) in [6.45, 7) is 3.54. The summed E-state index contributed by atoms with van der Waals surface area (Å²) in [6.07, 6.45) is -0.843. The summed E-state index contributed by atoms with van der Waals surface area (Å²) in [5.74, 6) is -0.349. The van der Waals surface area contributed by atoms with Gasteiger partial charge in [0.05, 0.1) is 10.5 Å². The van der Waals surface area contributed by atoms with Crippen molar-refractivity contribution in [3.8, 4) is 11.5 Å². The molecule has 0 spiro atoms. The Hall–Kier alpha value is -2.56. The van der Waals surface area contributed by atoms with E-state index in [-0.39, 0.29) is 16.3 Å². The first-order chi connectivity index (χ1) is 13.1. The summed E-state index contributed by atoms with van der Waals surface area (Å²) in [7, 11) is -3.96. The molecule has 2 aromatic carbocycles. The Balaban J connectivity index is 1.79. The molecule has 0 aliphatic heterocycles. The van der Waals surface area contributed by atoms with Crippen LogP contribution in [0.25, 0.3) is 11.5 Å². The molecule has 0 amide bonds. The van der Waals surface area contributed by atoms with E-state index in [1.807, 2.05) is 31.2 Å². The second kappa shape index (κ2) is 7.82. The Kier molecular flexibility index (Phi) is 5.64. The third kappa shape index (κ3) is 4.46. The maximum Gasteiger partial charge on any atom is 0.340 e. The number of nitrogens with zero attached hydrogens (tertiary/aromatic N) is 2. The average molecular weight is 466 g/mol. The molecule has 1 unspecified atom stereocenters. The fourth-order valence-electron chi connectivity index (χ4n) is 2.32. The molecular formula is C18H16BrN3O5S. The van der Waals surface area contributed by atoms with Crippen molar-refractivity contribution < 1.29 is 22.4 Å². The number of rotatable bonds is 5. The second-order valence-corrected chi connectivity index (χ2v) is 8.46. The van der Waals surface area contributed by atoms with Gasteiger partial charge in [-0.2, -0.15) is 0 Å². The summed E-state index contributed by atoms with van der Waals surface area (Å²) in [6, 6.07) is 11.4. The van der Waals surface area contributed by atoms with Crippen molar-refractivity contribution in [1.29, 1.82) is 0 Å². The normalized spacial score (nSPS) is 12.6. The van der Waals surface area contributed by atoms with Crippen molar-refractivity contribution >= 4 is 31.9 Å². The Morgan fingerprint density at radius 1 is 1.18 bits per heavy atom. The van der Waals surface area contributed by atoms with E-state index in [1.54, 1.807) is 6.92 Å². The number of ether oxygens (including phenoxy) is 1. The van der Waals surface area contributed by atoms with Gasteiger partial charge in [-0.1, -0.05) is 17.7 Å². The molecule has 1 atom stereocenters. The average Bonchev–Trinajstić information content (AvgIpc) is 3.12. The SMILES string of the molecule is Cc1ccc(-c2nnc(C(C)OC(=O)c3cc(S(N)(=O)=O)ccc3Br)o2)cc1. The number of aromatic nitrogens is 2. The first-order valence-electron chi connectivity index (χ1n) is 8.09. The number of benzene rings is 2. The molecule has 0 fully saturated rings. The molecule has 28 heavy (non-hydrogen) atoms. The molecule has 0 bridgehead atoms. The maximum absolute atomic E-state index is 12.5. The van der Waals surface area contributed by atoms with Gasteiger partial charge in [-0.05, 0) is 60.1 Å². The Morgan fingerprint density at radius 2 is 1.86 bits per heavy atom. The lowest BCUT2D eigenvalue weighted by Gasteiger charge is -2.11. The molecular weight excluding hydrogens is 450 g/mol. The monoisotopic (exact) mass is 465 g/mol. The molecule has 1 aromatic heterocycles. The minimum atomic E-state index is -3.96. The van der Waals surface area contributed by atoms with Crippen molar-refractivity contribution in [3.63, 3.8) is 0 Å². The van der Waals surface area contributed by atoms with Gasteiger partial charge < -0.3 is 9.15 Å². The van der Waals surface area contributed by atoms with E-state index >= 15 is 0 Å². The minimum absolute atomic E-state index is 0.0108. The fourth-order valence-corrected chi connectivity index (χ4v) is 3.27. The van der Waals surface area contributed by atoms with Crippen LogP contribution < -0.4 is 5.14 Å². The number of sulfonamides is 1. The topological polar surface area (TPSA) is 125 Å². The van der Waals surface area contributed by atoms with E-state index in [2.05, 4.69) is 26.1 Å². The standard InChI is InChI=1S/C18H16BrN3O5S/c1-10-3-5-12(6-4-10)17-22-21-16(27-17)11(2)26-18(23)14-9-13(28(20,24)25)7-8-15(14)19/h3-9,11H,1-2H3,(H2,20,24,25). The molecule has 3 rings (SSSR count). The van der Waals surface area contributed by atoms with E-state index in [9.17, 15) is 13.2 Å². The van der Waals surface area contributed by atoms with Gasteiger partial charge in [-0.15, -0.1) is 10.2 Å². The lowest BCUT2D eigenvalue weighted by atomic mass is 10.1. The second-order valence-electron chi connectivity index (χ2n) is 6.05. The van der Waals surface area contributed by atoms with Crippen molar-refractivity contribution in [2.45, 2.75) is 24.8 Å². The highest BCUT2D eigenvalue weighted by Crippen LogP contribution is 2.26. The van der Waals surface area contributed by atoms with Gasteiger partial charge in [0.2, 0.25) is 15.9 Å². The van der Waals surface area contributed by atoms with Crippen molar-refractivity contribution in [3.05, 3.63) is 64.0 Å². The van der Waals surface area contributed by atoms with Crippen molar-refractivity contribution in [2.75, 3.05) is 0 Å². The molecule has 0 radical (unpaired) electrons. The summed E-state index contributed by atoms with van der Waals surface area (Å²) >= 11 is 3.20. The number of esters is 1. The number of hydrogen-bond donors (Lipinski definition) is 1. The molecule has 0 saturated carbocycles. The van der Waals surface area contributed by atoms with Gasteiger partial charge in [-0.25, -0.2) is 18.4 Å². The van der Waals surface area contributed by atoms with Crippen LogP contribution in [0.3, 0.4) is 0 Å². The van der Waals surface area contributed by atoms with Gasteiger partial charge in [-0.3, -0.25) is 0 Å². The smallest absolute Gasteiger partial charge is 0.340 e. The minimum Gasteiger partial charge on any atom is -0.449 e. The van der Waals surface area contributed by atoms with Crippen LogP contribution >= 0.6 is 15.9 Å². The van der Waals surface area contributed by atoms with Crippen LogP contribution in [0, 0.1) is 6.92 Å². The summed E-state index contributed by atoms with van der Waals surface area (Å²) < 4.78 is 34.3. The van der Waals surface area contributed by atoms with Gasteiger partial charge in [0, 0.05) is 10.0 Å². The maximum atomic E-state index is 12.5. The Bertz CT molecular complexity index is 1130. The van der Waals surface area contributed by atoms with E-state index in [0.29, 0.717) is 10.4 Å². The Labute approximate surface area is 169 Å². The third-order valence-corrected chi connectivity index (χ3v) is 5.46. The number of primary sulfonamides is 1. The predicted octanol–water partition coefficient (Wildman–Crippen LogP) is 3.37. The van der Waals surface area contributed by atoms with Crippen molar-refractivity contribution in [2.24, 2.45) is 5.14 Å². The summed E-state index contributed by atoms with van der Waals surface area (Å²) in [5, 5.41) is 13.0. The quantitative estimate of drug-likeness (QED) is 0.572. The molecule has 8 nitrogen and oxygen atoms in total. The van der Waals surface area contributed by atoms with Crippen molar-refractivity contribution in [1.82, 2.24) is 10.2 Å². The number of halogens is 1. The zero-order chi connectivity index (χ0) is 20.5. The largest absolute Gasteiger partial charge is 0.449 e. The number of nitrogens with two attached hydrogens (primary N) is 1. The lowest BCUT2D eigenvalue weighted by molar-refractivity contribution is 0.0278. The van der Waals surface area contributed by atoms with Crippen LogP contribution in [0.1, 0.15) is 34.8 Å². The highest BCUT2D eigenvalue weighted by atomic mass is 79.9. The molecule has 0 aliphatic carbocycles. The Morgan fingerprint density at radius 3 is 2.50 bits per heavy atom. The van der Waals surface area contributed by atoms with Crippen LogP contribution in [-0.2, 0) is 14.8 Å². The highest BCUT2D eigenvalue weighted by Gasteiger charge is 2.22. The number of hydrogen-bond acceptors (Lipinski definition) is 7. The molecule has 0 saturated heterocycles. The molecule has 1 heterocycles. The summed E-state index contributed by atoms with van der Waals surface area (Å²) in [5.41, 5.74) is 1.85.